The van der Waals surface area contributed by atoms with Crippen LogP contribution in [0.4, 0.5) is 0 Å². The largest absolute Gasteiger partial charge is 0.493 e. The molecular formula is C18H26ClNO. The van der Waals surface area contributed by atoms with Crippen LogP contribution in [-0.2, 0) is 6.54 Å². The first-order valence-electron chi connectivity index (χ1n) is 8.38. The fourth-order valence-corrected chi connectivity index (χ4v) is 4.20. The Kier molecular flexibility index (Phi) is 5.07. The van der Waals surface area contributed by atoms with Gasteiger partial charge in [-0.25, -0.2) is 0 Å². The number of nitrogens with one attached hydrogen (secondary N) is 1. The highest BCUT2D eigenvalue weighted by Crippen LogP contribution is 2.48. The number of rotatable bonds is 7. The summed E-state index contributed by atoms with van der Waals surface area (Å²) in [6.45, 7) is 4.92. The van der Waals surface area contributed by atoms with Gasteiger partial charge in [0.05, 0.1) is 6.61 Å². The van der Waals surface area contributed by atoms with E-state index in [1.165, 1.54) is 31.2 Å². The van der Waals surface area contributed by atoms with Crippen LogP contribution in [0.1, 0.15) is 44.6 Å². The van der Waals surface area contributed by atoms with E-state index in [0.717, 1.165) is 54.6 Å². The average molecular weight is 308 g/mol. The molecule has 1 aromatic carbocycles. The first kappa shape index (κ1) is 15.2. The molecule has 2 fully saturated rings. The molecule has 21 heavy (non-hydrogen) atoms. The van der Waals surface area contributed by atoms with Crippen molar-refractivity contribution in [1.29, 1.82) is 0 Å². The van der Waals surface area contributed by atoms with Crippen LogP contribution in [0.15, 0.2) is 18.2 Å². The molecule has 0 amide bonds. The molecule has 0 aliphatic heterocycles. The van der Waals surface area contributed by atoms with Gasteiger partial charge in [0.2, 0.25) is 0 Å². The lowest BCUT2D eigenvalue weighted by molar-refractivity contribution is 0.194. The van der Waals surface area contributed by atoms with Gasteiger partial charge in [0.1, 0.15) is 5.75 Å². The second-order valence-electron chi connectivity index (χ2n) is 6.67. The van der Waals surface area contributed by atoms with Crippen LogP contribution in [0.2, 0.25) is 5.02 Å². The van der Waals surface area contributed by atoms with E-state index in [0.29, 0.717) is 0 Å². The second-order valence-corrected chi connectivity index (χ2v) is 7.11. The van der Waals surface area contributed by atoms with E-state index in [-0.39, 0.29) is 0 Å². The summed E-state index contributed by atoms with van der Waals surface area (Å²) in [4.78, 5) is 0. The molecule has 2 bridgehead atoms. The Morgan fingerprint density at radius 3 is 2.90 bits per heavy atom. The number of hydrogen-bond acceptors (Lipinski definition) is 2. The molecule has 116 valence electrons. The molecule has 2 saturated carbocycles. The van der Waals surface area contributed by atoms with Crippen molar-refractivity contribution in [1.82, 2.24) is 5.32 Å². The van der Waals surface area contributed by atoms with Crippen LogP contribution in [0.5, 0.6) is 5.75 Å². The monoisotopic (exact) mass is 307 g/mol. The third kappa shape index (κ3) is 3.73. The van der Waals surface area contributed by atoms with Gasteiger partial charge in [-0.2, -0.15) is 0 Å². The van der Waals surface area contributed by atoms with Crippen LogP contribution >= 0.6 is 11.6 Å². The second kappa shape index (κ2) is 7.02. The van der Waals surface area contributed by atoms with Crippen molar-refractivity contribution in [3.63, 3.8) is 0 Å². The van der Waals surface area contributed by atoms with E-state index in [1.807, 2.05) is 18.2 Å². The zero-order chi connectivity index (χ0) is 14.7. The van der Waals surface area contributed by atoms with Crippen molar-refractivity contribution >= 4 is 11.6 Å². The molecule has 2 aliphatic rings. The number of fused-ring (bicyclic) bond motifs is 2. The number of benzene rings is 1. The lowest BCUT2D eigenvalue weighted by Gasteiger charge is -2.22. The van der Waals surface area contributed by atoms with E-state index in [4.69, 9.17) is 16.3 Å². The van der Waals surface area contributed by atoms with Crippen molar-refractivity contribution in [2.45, 2.75) is 45.6 Å². The maximum Gasteiger partial charge on any atom is 0.123 e. The maximum atomic E-state index is 6.16. The van der Waals surface area contributed by atoms with Gasteiger partial charge in [0.15, 0.2) is 0 Å². The van der Waals surface area contributed by atoms with Crippen LogP contribution in [0.25, 0.3) is 0 Å². The van der Waals surface area contributed by atoms with Crippen LogP contribution in [-0.4, -0.2) is 13.2 Å². The van der Waals surface area contributed by atoms with Gasteiger partial charge < -0.3 is 10.1 Å². The van der Waals surface area contributed by atoms with Gasteiger partial charge >= 0.3 is 0 Å². The van der Waals surface area contributed by atoms with Crippen LogP contribution in [0.3, 0.4) is 0 Å². The lowest BCUT2D eigenvalue weighted by Crippen LogP contribution is -2.20. The van der Waals surface area contributed by atoms with E-state index in [2.05, 4.69) is 12.2 Å². The predicted octanol–water partition coefficient (Wildman–Crippen LogP) is 4.65. The van der Waals surface area contributed by atoms with Gasteiger partial charge in [-0.15, -0.1) is 0 Å². The molecule has 0 spiro atoms. The fraction of sp³-hybridized carbons (Fsp3) is 0.667. The molecule has 3 rings (SSSR count). The normalized spacial score (nSPS) is 27.2. The van der Waals surface area contributed by atoms with Gasteiger partial charge in [-0.1, -0.05) is 24.9 Å². The number of hydrogen-bond donors (Lipinski definition) is 1. The Balaban J connectivity index is 1.58. The fourth-order valence-electron chi connectivity index (χ4n) is 4.00. The third-order valence-corrected chi connectivity index (χ3v) is 5.34. The highest BCUT2D eigenvalue weighted by Gasteiger charge is 2.39. The third-order valence-electron chi connectivity index (χ3n) is 5.10. The first-order chi connectivity index (χ1) is 10.3. The van der Waals surface area contributed by atoms with Crippen LogP contribution < -0.4 is 10.1 Å². The van der Waals surface area contributed by atoms with Crippen molar-refractivity contribution in [3.8, 4) is 5.75 Å². The van der Waals surface area contributed by atoms with Crippen molar-refractivity contribution < 1.29 is 4.74 Å². The molecule has 0 saturated heterocycles. The summed E-state index contributed by atoms with van der Waals surface area (Å²) in [5, 5.41) is 4.22. The number of halogens is 1. The minimum absolute atomic E-state index is 0.774. The summed E-state index contributed by atoms with van der Waals surface area (Å²) >= 11 is 6.12. The Morgan fingerprint density at radius 2 is 2.19 bits per heavy atom. The lowest BCUT2D eigenvalue weighted by atomic mass is 9.89. The molecule has 0 aromatic heterocycles. The topological polar surface area (TPSA) is 21.3 Å². The minimum Gasteiger partial charge on any atom is -0.493 e. The summed E-state index contributed by atoms with van der Waals surface area (Å²) in [5.74, 6) is 3.69. The van der Waals surface area contributed by atoms with E-state index >= 15 is 0 Å². The summed E-state index contributed by atoms with van der Waals surface area (Å²) in [7, 11) is 0. The molecule has 3 heteroatoms. The zero-order valence-electron chi connectivity index (χ0n) is 12.9. The minimum atomic E-state index is 0.774. The molecule has 1 aromatic rings. The molecule has 1 N–H and O–H groups in total. The average Bonchev–Trinajstić information content (AvgIpc) is 3.09. The van der Waals surface area contributed by atoms with Gasteiger partial charge in [0, 0.05) is 17.1 Å². The van der Waals surface area contributed by atoms with E-state index < -0.39 is 0 Å². The van der Waals surface area contributed by atoms with Gasteiger partial charge in [-0.3, -0.25) is 0 Å². The molecular weight excluding hydrogens is 282 g/mol. The summed E-state index contributed by atoms with van der Waals surface area (Å²) in [6.07, 6.45) is 6.83. The first-order valence-corrected chi connectivity index (χ1v) is 8.76. The van der Waals surface area contributed by atoms with Gasteiger partial charge in [0.25, 0.3) is 0 Å². The van der Waals surface area contributed by atoms with Crippen molar-refractivity contribution in [2.75, 3.05) is 13.2 Å². The van der Waals surface area contributed by atoms with Crippen molar-refractivity contribution in [2.24, 2.45) is 17.8 Å². The Morgan fingerprint density at radius 1 is 1.29 bits per heavy atom. The molecule has 2 nitrogen and oxygen atoms in total. The molecule has 2 aliphatic carbocycles. The Hall–Kier alpha value is -0.730. The molecule has 3 unspecified atom stereocenters. The molecule has 0 heterocycles. The summed E-state index contributed by atoms with van der Waals surface area (Å²) in [6, 6.07) is 5.99. The zero-order valence-corrected chi connectivity index (χ0v) is 13.7. The van der Waals surface area contributed by atoms with Crippen LogP contribution in [0, 0.1) is 17.8 Å². The quantitative estimate of drug-likeness (QED) is 0.740. The molecule has 3 atom stereocenters. The Labute approximate surface area is 133 Å². The summed E-state index contributed by atoms with van der Waals surface area (Å²) < 4.78 is 6.16. The number of ether oxygens (including phenoxy) is 1. The SMILES string of the molecule is CCCNCc1cc(Cl)ccc1OCC1CC2CCC1C2. The standard InChI is InChI=1S/C18H26ClNO/c1-2-7-20-11-15-10-17(19)5-6-18(15)21-12-16-9-13-3-4-14(16)8-13/h5-6,10,13-14,16,20H,2-4,7-9,11-12H2,1H3. The highest BCUT2D eigenvalue weighted by atomic mass is 35.5. The Bertz CT molecular complexity index is 476. The summed E-state index contributed by atoms with van der Waals surface area (Å²) in [5.41, 5.74) is 1.18. The predicted molar refractivity (Wildman–Crippen MR) is 87.9 cm³/mol. The smallest absolute Gasteiger partial charge is 0.123 e. The van der Waals surface area contributed by atoms with Gasteiger partial charge in [-0.05, 0) is 68.2 Å². The highest BCUT2D eigenvalue weighted by molar-refractivity contribution is 6.30. The maximum absolute atomic E-state index is 6.16. The van der Waals surface area contributed by atoms with E-state index in [9.17, 15) is 0 Å². The van der Waals surface area contributed by atoms with Crippen molar-refractivity contribution in [3.05, 3.63) is 28.8 Å². The van der Waals surface area contributed by atoms with E-state index in [1.54, 1.807) is 0 Å². The molecule has 0 radical (unpaired) electrons.